The number of rotatable bonds is 2. The van der Waals surface area contributed by atoms with E-state index in [1.54, 1.807) is 6.07 Å². The maximum atomic E-state index is 12.9. The molecule has 0 aliphatic heterocycles. The van der Waals surface area contributed by atoms with Crippen molar-refractivity contribution in [2.75, 3.05) is 0 Å². The van der Waals surface area contributed by atoms with Crippen LogP contribution in [0.4, 0.5) is 8.78 Å². The Bertz CT molecular complexity index is 359. The zero-order valence-corrected chi connectivity index (χ0v) is 6.55. The van der Waals surface area contributed by atoms with Crippen LogP contribution in [-0.4, -0.2) is 6.29 Å². The van der Waals surface area contributed by atoms with Gasteiger partial charge in [0, 0.05) is 11.1 Å². The molecule has 0 amide bonds. The summed E-state index contributed by atoms with van der Waals surface area (Å²) in [4.78, 5) is 10.2. The molecule has 1 rings (SSSR count). The molecule has 1 aromatic rings. The van der Waals surface area contributed by atoms with Gasteiger partial charge in [-0.3, -0.25) is 4.79 Å². The summed E-state index contributed by atoms with van der Waals surface area (Å²) in [5, 5.41) is 8.24. The molecule has 4 heteroatoms. The van der Waals surface area contributed by atoms with Gasteiger partial charge < -0.3 is 0 Å². The molecule has 1 aromatic carbocycles. The standard InChI is InChI=1S/C9H5F2NO/c10-8-3-6(5-13)4-9(11)7(8)1-2-12/h3-5H,1H2. The summed E-state index contributed by atoms with van der Waals surface area (Å²) in [5.41, 5.74) is -0.371. The van der Waals surface area contributed by atoms with Crippen LogP contribution in [-0.2, 0) is 6.42 Å². The molecule has 0 N–H and O–H groups in total. The van der Waals surface area contributed by atoms with E-state index >= 15 is 0 Å². The highest BCUT2D eigenvalue weighted by Gasteiger charge is 2.09. The Morgan fingerprint density at radius 3 is 2.31 bits per heavy atom. The molecule has 66 valence electrons. The van der Waals surface area contributed by atoms with Gasteiger partial charge in [-0.15, -0.1) is 0 Å². The molecular weight excluding hydrogens is 176 g/mol. The molecule has 0 spiro atoms. The van der Waals surface area contributed by atoms with E-state index in [1.165, 1.54) is 0 Å². The monoisotopic (exact) mass is 181 g/mol. The highest BCUT2D eigenvalue weighted by Crippen LogP contribution is 2.14. The average molecular weight is 181 g/mol. The van der Waals surface area contributed by atoms with Crippen LogP contribution in [0.5, 0.6) is 0 Å². The highest BCUT2D eigenvalue weighted by molar-refractivity contribution is 5.74. The molecule has 0 aliphatic rings. The third-order valence-corrected chi connectivity index (χ3v) is 1.56. The van der Waals surface area contributed by atoms with Crippen LogP contribution in [0.1, 0.15) is 15.9 Å². The number of hydrogen-bond acceptors (Lipinski definition) is 2. The Kier molecular flexibility index (Phi) is 2.70. The number of carbonyl (C=O) groups is 1. The lowest BCUT2D eigenvalue weighted by atomic mass is 10.1. The number of benzene rings is 1. The van der Waals surface area contributed by atoms with Gasteiger partial charge >= 0.3 is 0 Å². The van der Waals surface area contributed by atoms with E-state index in [-0.39, 0.29) is 17.5 Å². The lowest BCUT2D eigenvalue weighted by molar-refractivity contribution is 0.112. The second-order valence-electron chi connectivity index (χ2n) is 2.42. The summed E-state index contributed by atoms with van der Waals surface area (Å²) in [6, 6.07) is 3.45. The van der Waals surface area contributed by atoms with E-state index in [0.717, 1.165) is 12.1 Å². The van der Waals surface area contributed by atoms with Crippen molar-refractivity contribution in [1.82, 2.24) is 0 Å². The highest BCUT2D eigenvalue weighted by atomic mass is 19.1. The first-order valence-corrected chi connectivity index (χ1v) is 3.49. The summed E-state index contributed by atoms with van der Waals surface area (Å²) in [5.74, 6) is -1.72. The molecule has 0 atom stereocenters. The zero-order chi connectivity index (χ0) is 9.84. The van der Waals surface area contributed by atoms with Gasteiger partial charge in [-0.25, -0.2) is 8.78 Å². The van der Waals surface area contributed by atoms with E-state index in [1.807, 2.05) is 0 Å². The molecule has 0 fully saturated rings. The van der Waals surface area contributed by atoms with Gasteiger partial charge in [0.15, 0.2) is 0 Å². The van der Waals surface area contributed by atoms with Crippen LogP contribution < -0.4 is 0 Å². The fourth-order valence-corrected chi connectivity index (χ4v) is 0.939. The molecule has 0 bridgehead atoms. The number of halogens is 2. The number of hydrogen-bond donors (Lipinski definition) is 0. The van der Waals surface area contributed by atoms with Crippen LogP contribution in [0, 0.1) is 23.0 Å². The van der Waals surface area contributed by atoms with Gasteiger partial charge in [-0.2, -0.15) is 5.26 Å². The quantitative estimate of drug-likeness (QED) is 0.653. The van der Waals surface area contributed by atoms with Crippen molar-refractivity contribution >= 4 is 6.29 Å². The van der Waals surface area contributed by atoms with Crippen molar-refractivity contribution in [3.8, 4) is 6.07 Å². The first kappa shape index (κ1) is 9.33. The topological polar surface area (TPSA) is 40.9 Å². The smallest absolute Gasteiger partial charge is 0.150 e. The second kappa shape index (κ2) is 3.76. The second-order valence-corrected chi connectivity index (χ2v) is 2.42. The fourth-order valence-electron chi connectivity index (χ4n) is 0.939. The molecule has 0 aromatic heterocycles. The molecule has 0 radical (unpaired) electrons. The Hall–Kier alpha value is -1.76. The largest absolute Gasteiger partial charge is 0.298 e. The van der Waals surface area contributed by atoms with Gasteiger partial charge in [0.05, 0.1) is 12.5 Å². The lowest BCUT2D eigenvalue weighted by Crippen LogP contribution is -1.96. The number of carbonyl (C=O) groups excluding carboxylic acids is 1. The van der Waals surface area contributed by atoms with Gasteiger partial charge in [0.2, 0.25) is 0 Å². The molecule has 0 saturated heterocycles. The SMILES string of the molecule is N#CCc1c(F)cc(C=O)cc1F. The lowest BCUT2D eigenvalue weighted by Gasteiger charge is -2.00. The molecule has 0 saturated carbocycles. The van der Waals surface area contributed by atoms with Crippen LogP contribution in [0.25, 0.3) is 0 Å². The van der Waals surface area contributed by atoms with E-state index in [0.29, 0.717) is 6.29 Å². The first-order chi connectivity index (χ1) is 6.19. The van der Waals surface area contributed by atoms with Crippen molar-refractivity contribution in [3.05, 3.63) is 34.9 Å². The Balaban J connectivity index is 3.24. The molecule has 13 heavy (non-hydrogen) atoms. The maximum Gasteiger partial charge on any atom is 0.150 e. The summed E-state index contributed by atoms with van der Waals surface area (Å²) in [7, 11) is 0. The minimum atomic E-state index is -0.858. The van der Waals surface area contributed by atoms with Crippen LogP contribution in [0.2, 0.25) is 0 Å². The average Bonchev–Trinajstić information content (AvgIpc) is 2.11. The number of aldehydes is 1. The normalized spacial score (nSPS) is 9.31. The summed E-state index contributed by atoms with van der Waals surface area (Å²) in [6.07, 6.45) is 0.0130. The molecular formula is C9H5F2NO. The minimum Gasteiger partial charge on any atom is -0.298 e. The molecule has 2 nitrogen and oxygen atoms in total. The Labute approximate surface area is 73.4 Å². The summed E-state index contributed by atoms with van der Waals surface area (Å²) < 4.78 is 25.9. The third kappa shape index (κ3) is 1.88. The van der Waals surface area contributed by atoms with Crippen molar-refractivity contribution in [1.29, 1.82) is 5.26 Å². The van der Waals surface area contributed by atoms with Crippen molar-refractivity contribution in [2.24, 2.45) is 0 Å². The van der Waals surface area contributed by atoms with E-state index in [9.17, 15) is 13.6 Å². The van der Waals surface area contributed by atoms with Crippen LogP contribution in [0.15, 0.2) is 12.1 Å². The molecule has 0 unspecified atom stereocenters. The Morgan fingerprint density at radius 1 is 1.38 bits per heavy atom. The first-order valence-electron chi connectivity index (χ1n) is 3.49. The zero-order valence-electron chi connectivity index (χ0n) is 6.55. The predicted octanol–water partition coefficient (Wildman–Crippen LogP) is 1.84. The Morgan fingerprint density at radius 2 is 1.92 bits per heavy atom. The predicted molar refractivity (Wildman–Crippen MR) is 41.1 cm³/mol. The molecule has 0 heterocycles. The number of nitrogens with zero attached hydrogens (tertiary/aromatic N) is 1. The van der Waals surface area contributed by atoms with Gasteiger partial charge in [-0.1, -0.05) is 0 Å². The van der Waals surface area contributed by atoms with Crippen molar-refractivity contribution < 1.29 is 13.6 Å². The third-order valence-electron chi connectivity index (χ3n) is 1.56. The van der Waals surface area contributed by atoms with Gasteiger partial charge in [0.1, 0.15) is 17.9 Å². The number of nitriles is 1. The molecule has 0 aliphatic carbocycles. The van der Waals surface area contributed by atoms with Crippen LogP contribution in [0.3, 0.4) is 0 Å². The summed E-state index contributed by atoms with van der Waals surface area (Å²) >= 11 is 0. The van der Waals surface area contributed by atoms with Gasteiger partial charge in [0.25, 0.3) is 0 Å². The summed E-state index contributed by atoms with van der Waals surface area (Å²) in [6.45, 7) is 0. The minimum absolute atomic E-state index is 0.0725. The van der Waals surface area contributed by atoms with Crippen LogP contribution >= 0.6 is 0 Å². The van der Waals surface area contributed by atoms with E-state index in [4.69, 9.17) is 5.26 Å². The van der Waals surface area contributed by atoms with E-state index < -0.39 is 11.6 Å². The van der Waals surface area contributed by atoms with E-state index in [2.05, 4.69) is 0 Å². The van der Waals surface area contributed by atoms with Crippen molar-refractivity contribution in [3.63, 3.8) is 0 Å². The van der Waals surface area contributed by atoms with Gasteiger partial charge in [-0.05, 0) is 12.1 Å². The maximum absolute atomic E-state index is 12.9. The fraction of sp³-hybridized carbons (Fsp3) is 0.111. The van der Waals surface area contributed by atoms with Crippen molar-refractivity contribution in [2.45, 2.75) is 6.42 Å².